The van der Waals surface area contributed by atoms with Crippen LogP contribution in [0.15, 0.2) is 24.3 Å². The Kier molecular flexibility index (Phi) is 4.11. The monoisotopic (exact) mass is 289 g/mol. The highest BCUT2D eigenvalue weighted by Crippen LogP contribution is 2.33. The van der Waals surface area contributed by atoms with Crippen LogP contribution in [0.3, 0.4) is 0 Å². The highest BCUT2D eigenvalue weighted by Gasteiger charge is 2.43. The summed E-state index contributed by atoms with van der Waals surface area (Å²) in [7, 11) is 0. The Morgan fingerprint density at radius 3 is 1.81 bits per heavy atom. The average molecular weight is 289 g/mol. The van der Waals surface area contributed by atoms with Gasteiger partial charge in [0.25, 0.3) is 11.8 Å². The molecule has 0 spiro atoms. The van der Waals surface area contributed by atoms with Crippen molar-refractivity contribution in [2.75, 3.05) is 0 Å². The van der Waals surface area contributed by atoms with Gasteiger partial charge in [-0.3, -0.25) is 9.59 Å². The summed E-state index contributed by atoms with van der Waals surface area (Å²) >= 11 is 0. The molecule has 0 saturated heterocycles. The number of nitrogens with zero attached hydrogens (tertiary/aromatic N) is 1. The molecule has 112 valence electrons. The quantitative estimate of drug-likeness (QED) is 0.782. The Morgan fingerprint density at radius 1 is 1.00 bits per heavy atom. The standard InChI is InChI=1S/C16H19NO4/c1-4-16(5-2,6-3)15(20)21-17-13(18)11-9-7-8-10-12(11)14(17)19/h7-10H,4-6H2,1-3H3. The number of carbonyl (C=O) groups is 3. The van der Waals surface area contributed by atoms with Gasteiger partial charge in [-0.05, 0) is 31.4 Å². The molecule has 0 N–H and O–H groups in total. The topological polar surface area (TPSA) is 63.7 Å². The van der Waals surface area contributed by atoms with Crippen molar-refractivity contribution in [1.29, 1.82) is 0 Å². The highest BCUT2D eigenvalue weighted by atomic mass is 16.7. The number of hydrogen-bond acceptors (Lipinski definition) is 4. The minimum atomic E-state index is -0.657. The van der Waals surface area contributed by atoms with Gasteiger partial charge in [0.05, 0.1) is 16.5 Å². The Labute approximate surface area is 123 Å². The van der Waals surface area contributed by atoms with Crippen LogP contribution in [0.5, 0.6) is 0 Å². The number of carbonyl (C=O) groups excluding carboxylic acids is 3. The molecule has 0 unspecified atom stereocenters. The highest BCUT2D eigenvalue weighted by molar-refractivity contribution is 6.20. The lowest BCUT2D eigenvalue weighted by Crippen LogP contribution is -2.40. The molecule has 0 fully saturated rings. The zero-order valence-electron chi connectivity index (χ0n) is 12.5. The second kappa shape index (κ2) is 5.68. The minimum Gasteiger partial charge on any atom is -0.329 e. The lowest BCUT2D eigenvalue weighted by atomic mass is 9.80. The number of fused-ring (bicyclic) bond motifs is 1. The maximum absolute atomic E-state index is 12.4. The van der Waals surface area contributed by atoms with Crippen molar-refractivity contribution in [3.63, 3.8) is 0 Å². The summed E-state index contributed by atoms with van der Waals surface area (Å²) in [5.41, 5.74) is -0.120. The van der Waals surface area contributed by atoms with Gasteiger partial charge in [-0.25, -0.2) is 4.79 Å². The summed E-state index contributed by atoms with van der Waals surface area (Å²) in [5.74, 6) is -1.69. The lowest BCUT2D eigenvalue weighted by Gasteiger charge is -2.28. The molecule has 0 aliphatic carbocycles. The van der Waals surface area contributed by atoms with Crippen LogP contribution >= 0.6 is 0 Å². The van der Waals surface area contributed by atoms with Crippen LogP contribution in [0.1, 0.15) is 60.7 Å². The summed E-state index contributed by atoms with van der Waals surface area (Å²) in [5, 5.41) is 0.586. The van der Waals surface area contributed by atoms with Gasteiger partial charge in [-0.15, -0.1) is 0 Å². The van der Waals surface area contributed by atoms with Gasteiger partial charge in [0, 0.05) is 0 Å². The van der Waals surface area contributed by atoms with Crippen molar-refractivity contribution < 1.29 is 19.2 Å². The maximum atomic E-state index is 12.4. The summed E-state index contributed by atoms with van der Waals surface area (Å²) in [4.78, 5) is 41.9. The summed E-state index contributed by atoms with van der Waals surface area (Å²) < 4.78 is 0. The fourth-order valence-electron chi connectivity index (χ4n) is 2.61. The van der Waals surface area contributed by atoms with E-state index in [0.717, 1.165) is 0 Å². The summed E-state index contributed by atoms with van der Waals surface area (Å²) in [6, 6.07) is 6.44. The van der Waals surface area contributed by atoms with Gasteiger partial charge in [-0.1, -0.05) is 38.0 Å². The van der Waals surface area contributed by atoms with E-state index in [-0.39, 0.29) is 11.1 Å². The smallest absolute Gasteiger partial charge is 0.329 e. The molecule has 0 saturated carbocycles. The van der Waals surface area contributed by atoms with E-state index in [1.54, 1.807) is 24.3 Å². The van der Waals surface area contributed by atoms with E-state index in [4.69, 9.17) is 4.84 Å². The van der Waals surface area contributed by atoms with E-state index in [9.17, 15) is 14.4 Å². The third kappa shape index (κ3) is 2.33. The molecule has 0 aromatic heterocycles. The van der Waals surface area contributed by atoms with Crippen LogP contribution < -0.4 is 0 Å². The molecule has 1 aromatic rings. The average Bonchev–Trinajstić information content (AvgIpc) is 2.75. The number of hydrogen-bond donors (Lipinski definition) is 0. The second-order valence-corrected chi connectivity index (χ2v) is 5.17. The third-order valence-corrected chi connectivity index (χ3v) is 4.39. The molecule has 2 rings (SSSR count). The Balaban J connectivity index is 2.24. The Morgan fingerprint density at radius 2 is 1.43 bits per heavy atom. The second-order valence-electron chi connectivity index (χ2n) is 5.17. The first-order chi connectivity index (χ1) is 10.0. The number of benzene rings is 1. The van der Waals surface area contributed by atoms with E-state index in [1.807, 2.05) is 20.8 Å². The van der Waals surface area contributed by atoms with Crippen molar-refractivity contribution in [2.24, 2.45) is 5.41 Å². The van der Waals surface area contributed by atoms with Crippen molar-refractivity contribution in [3.05, 3.63) is 35.4 Å². The minimum absolute atomic E-state index is 0.269. The number of amides is 2. The zero-order chi connectivity index (χ0) is 15.6. The third-order valence-electron chi connectivity index (χ3n) is 4.39. The van der Waals surface area contributed by atoms with E-state index in [0.29, 0.717) is 24.3 Å². The molecule has 5 heteroatoms. The molecule has 1 aliphatic rings. The predicted octanol–water partition coefficient (Wildman–Crippen LogP) is 2.96. The number of imide groups is 1. The molecule has 5 nitrogen and oxygen atoms in total. The van der Waals surface area contributed by atoms with Gasteiger partial charge >= 0.3 is 5.97 Å². The van der Waals surface area contributed by atoms with Gasteiger partial charge in [0.1, 0.15) is 0 Å². The maximum Gasteiger partial charge on any atom is 0.339 e. The van der Waals surface area contributed by atoms with E-state index in [1.165, 1.54) is 0 Å². The molecule has 1 heterocycles. The molecule has 0 radical (unpaired) electrons. The van der Waals surface area contributed by atoms with Crippen LogP contribution in [-0.2, 0) is 9.63 Å². The molecule has 1 aliphatic heterocycles. The Hall–Kier alpha value is -2.17. The van der Waals surface area contributed by atoms with Crippen molar-refractivity contribution in [2.45, 2.75) is 40.0 Å². The molecule has 21 heavy (non-hydrogen) atoms. The SMILES string of the molecule is CCC(CC)(CC)C(=O)ON1C(=O)c2ccccc2C1=O. The molecule has 0 atom stereocenters. The van der Waals surface area contributed by atoms with E-state index in [2.05, 4.69) is 0 Å². The predicted molar refractivity (Wildman–Crippen MR) is 76.3 cm³/mol. The largest absolute Gasteiger partial charge is 0.339 e. The summed E-state index contributed by atoms with van der Waals surface area (Å²) in [6.45, 7) is 5.70. The fourth-order valence-corrected chi connectivity index (χ4v) is 2.61. The van der Waals surface area contributed by atoms with Crippen molar-refractivity contribution >= 4 is 17.8 Å². The van der Waals surface area contributed by atoms with Crippen LogP contribution in [-0.4, -0.2) is 22.8 Å². The molecule has 1 aromatic carbocycles. The fraction of sp³-hybridized carbons (Fsp3) is 0.438. The van der Waals surface area contributed by atoms with Gasteiger partial charge in [0.15, 0.2) is 0 Å². The van der Waals surface area contributed by atoms with Gasteiger partial charge in [0.2, 0.25) is 0 Å². The Bertz CT molecular complexity index is 546. The molecular weight excluding hydrogens is 270 g/mol. The first kappa shape index (κ1) is 15.2. The van der Waals surface area contributed by atoms with Crippen LogP contribution in [0.25, 0.3) is 0 Å². The van der Waals surface area contributed by atoms with Crippen molar-refractivity contribution in [1.82, 2.24) is 5.06 Å². The van der Waals surface area contributed by atoms with Crippen LogP contribution in [0.2, 0.25) is 0 Å². The normalized spacial score (nSPS) is 14.3. The number of rotatable bonds is 5. The van der Waals surface area contributed by atoms with Crippen LogP contribution in [0.4, 0.5) is 0 Å². The van der Waals surface area contributed by atoms with E-state index >= 15 is 0 Å². The zero-order valence-corrected chi connectivity index (χ0v) is 12.5. The van der Waals surface area contributed by atoms with Gasteiger partial charge in [-0.2, -0.15) is 0 Å². The first-order valence-corrected chi connectivity index (χ1v) is 7.21. The van der Waals surface area contributed by atoms with Crippen LogP contribution in [0, 0.1) is 5.41 Å². The van der Waals surface area contributed by atoms with Crippen molar-refractivity contribution in [3.8, 4) is 0 Å². The lowest BCUT2D eigenvalue weighted by molar-refractivity contribution is -0.182. The first-order valence-electron chi connectivity index (χ1n) is 7.21. The van der Waals surface area contributed by atoms with E-state index < -0.39 is 23.2 Å². The molecular formula is C16H19NO4. The van der Waals surface area contributed by atoms with Gasteiger partial charge < -0.3 is 4.84 Å². The number of hydroxylamine groups is 2. The molecule has 2 amide bonds. The molecule has 0 bridgehead atoms. The summed E-state index contributed by atoms with van der Waals surface area (Å²) in [6.07, 6.45) is 1.80.